The van der Waals surface area contributed by atoms with Gasteiger partial charge < -0.3 is 9.67 Å². The van der Waals surface area contributed by atoms with Gasteiger partial charge in [0.25, 0.3) is 0 Å². The smallest absolute Gasteiger partial charge is 0.187 e. The highest BCUT2D eigenvalue weighted by molar-refractivity contribution is 5.37. The van der Waals surface area contributed by atoms with Gasteiger partial charge in [0.1, 0.15) is 5.82 Å². The van der Waals surface area contributed by atoms with Crippen molar-refractivity contribution in [2.45, 2.75) is 26.4 Å². The van der Waals surface area contributed by atoms with Crippen LogP contribution in [0.3, 0.4) is 0 Å². The van der Waals surface area contributed by atoms with E-state index >= 15 is 0 Å². The summed E-state index contributed by atoms with van der Waals surface area (Å²) in [5.74, 6) is -0.379. The van der Waals surface area contributed by atoms with E-state index in [1.807, 2.05) is 0 Å². The lowest BCUT2D eigenvalue weighted by Crippen LogP contribution is -2.27. The summed E-state index contributed by atoms with van der Waals surface area (Å²) < 4.78 is 15.4. The van der Waals surface area contributed by atoms with Crippen molar-refractivity contribution >= 4 is 0 Å². The molecule has 2 rings (SSSR count). The van der Waals surface area contributed by atoms with Crippen LogP contribution in [0.25, 0.3) is 5.69 Å². The van der Waals surface area contributed by atoms with Gasteiger partial charge in [-0.15, -0.1) is 0 Å². The van der Waals surface area contributed by atoms with Crippen molar-refractivity contribution in [3.8, 4) is 5.69 Å². The van der Waals surface area contributed by atoms with E-state index in [1.165, 1.54) is 32.2 Å². The third-order valence-electron chi connectivity index (χ3n) is 3.01. The van der Waals surface area contributed by atoms with Gasteiger partial charge in [-0.2, -0.15) is 0 Å². The summed E-state index contributed by atoms with van der Waals surface area (Å²) in [4.78, 5) is 11.9. The van der Waals surface area contributed by atoms with Crippen LogP contribution in [0.1, 0.15) is 25.1 Å². The fourth-order valence-corrected chi connectivity index (χ4v) is 2.00. The molecule has 4 heteroatoms. The first-order valence-corrected chi connectivity index (χ1v) is 6.02. The van der Waals surface area contributed by atoms with Crippen molar-refractivity contribution in [1.82, 2.24) is 4.57 Å². The Hall–Kier alpha value is -1.94. The van der Waals surface area contributed by atoms with E-state index in [1.54, 1.807) is 29.7 Å². The Morgan fingerprint density at radius 1 is 1.26 bits per heavy atom. The van der Waals surface area contributed by atoms with Gasteiger partial charge in [-0.05, 0) is 32.9 Å². The maximum atomic E-state index is 13.8. The summed E-state index contributed by atoms with van der Waals surface area (Å²) >= 11 is 0. The average Bonchev–Trinajstić information content (AvgIpc) is 2.29. The summed E-state index contributed by atoms with van der Waals surface area (Å²) in [5, 5.41) is 9.99. The minimum absolute atomic E-state index is 0.237. The molecule has 0 spiro atoms. The highest BCUT2D eigenvalue weighted by Gasteiger charge is 2.21. The second kappa shape index (κ2) is 4.63. The minimum Gasteiger partial charge on any atom is -0.386 e. The van der Waals surface area contributed by atoms with Gasteiger partial charge in [0, 0.05) is 23.5 Å². The van der Waals surface area contributed by atoms with Crippen molar-refractivity contribution in [2.75, 3.05) is 0 Å². The molecule has 0 saturated heterocycles. The molecule has 0 aliphatic rings. The van der Waals surface area contributed by atoms with Crippen LogP contribution in [0.15, 0.2) is 41.3 Å². The largest absolute Gasteiger partial charge is 0.386 e. The van der Waals surface area contributed by atoms with E-state index in [9.17, 15) is 14.3 Å². The molecule has 1 aromatic heterocycles. The molecule has 1 N–H and O–H groups in total. The Labute approximate surface area is 110 Å². The molecule has 3 nitrogen and oxygen atoms in total. The molecular weight excluding hydrogens is 245 g/mol. The van der Waals surface area contributed by atoms with Crippen LogP contribution in [0, 0.1) is 12.7 Å². The Kier molecular flexibility index (Phi) is 3.28. The number of benzene rings is 1. The third-order valence-corrected chi connectivity index (χ3v) is 3.01. The topological polar surface area (TPSA) is 42.2 Å². The second-order valence-corrected chi connectivity index (χ2v) is 5.07. The van der Waals surface area contributed by atoms with Crippen LogP contribution in [0.4, 0.5) is 4.39 Å². The molecule has 0 amide bonds. The molecule has 0 bridgehead atoms. The lowest BCUT2D eigenvalue weighted by molar-refractivity contribution is 0.0769. The number of aliphatic hydroxyl groups is 1. The molecule has 0 saturated carbocycles. The lowest BCUT2D eigenvalue weighted by Gasteiger charge is -2.20. The standard InChI is InChI=1S/C15H16FNO2/c1-10-8-14(18)11(15(2,3)19)9-17(10)13-7-5-4-6-12(13)16/h4-9,19H,1-3H3. The number of hydrogen-bond acceptors (Lipinski definition) is 2. The number of nitrogens with zero attached hydrogens (tertiary/aromatic N) is 1. The zero-order valence-corrected chi connectivity index (χ0v) is 11.1. The number of rotatable bonds is 2. The molecule has 0 fully saturated rings. The van der Waals surface area contributed by atoms with Gasteiger partial charge in [-0.1, -0.05) is 12.1 Å². The third kappa shape index (κ3) is 2.58. The van der Waals surface area contributed by atoms with Gasteiger partial charge in [0.05, 0.1) is 11.3 Å². The molecule has 100 valence electrons. The first-order valence-electron chi connectivity index (χ1n) is 6.02. The fourth-order valence-electron chi connectivity index (χ4n) is 2.00. The molecule has 0 aliphatic heterocycles. The van der Waals surface area contributed by atoms with E-state index < -0.39 is 5.60 Å². The normalized spacial score (nSPS) is 11.6. The van der Waals surface area contributed by atoms with Gasteiger partial charge >= 0.3 is 0 Å². The minimum atomic E-state index is -1.27. The summed E-state index contributed by atoms with van der Waals surface area (Å²) in [7, 11) is 0. The van der Waals surface area contributed by atoms with Crippen molar-refractivity contribution in [1.29, 1.82) is 0 Å². The van der Waals surface area contributed by atoms with E-state index in [4.69, 9.17) is 0 Å². The molecule has 2 aromatic rings. The molecule has 1 aromatic carbocycles. The van der Waals surface area contributed by atoms with Crippen LogP contribution in [-0.4, -0.2) is 9.67 Å². The Bertz CT molecular complexity index is 669. The van der Waals surface area contributed by atoms with E-state index in [-0.39, 0.29) is 16.8 Å². The number of aromatic nitrogens is 1. The van der Waals surface area contributed by atoms with Crippen molar-refractivity contribution in [3.05, 3.63) is 63.8 Å². The van der Waals surface area contributed by atoms with Gasteiger partial charge in [0.2, 0.25) is 0 Å². The quantitative estimate of drug-likeness (QED) is 0.902. The first-order chi connectivity index (χ1) is 8.80. The van der Waals surface area contributed by atoms with E-state index in [2.05, 4.69) is 0 Å². The predicted molar refractivity (Wildman–Crippen MR) is 72.0 cm³/mol. The first kappa shape index (κ1) is 13.5. The highest BCUT2D eigenvalue weighted by Crippen LogP contribution is 2.20. The lowest BCUT2D eigenvalue weighted by atomic mass is 9.99. The fraction of sp³-hybridized carbons (Fsp3) is 0.267. The monoisotopic (exact) mass is 261 g/mol. The van der Waals surface area contributed by atoms with Gasteiger partial charge in [-0.25, -0.2) is 4.39 Å². The summed E-state index contributed by atoms with van der Waals surface area (Å²) in [6, 6.07) is 7.71. The predicted octanol–water partition coefficient (Wildman–Crippen LogP) is 2.51. The number of halogens is 1. The van der Waals surface area contributed by atoms with Crippen molar-refractivity contribution in [2.24, 2.45) is 0 Å². The van der Waals surface area contributed by atoms with Crippen LogP contribution < -0.4 is 5.43 Å². The maximum Gasteiger partial charge on any atom is 0.187 e. The molecular formula is C15H16FNO2. The van der Waals surface area contributed by atoms with Crippen molar-refractivity contribution in [3.63, 3.8) is 0 Å². The Balaban J connectivity index is 2.72. The Morgan fingerprint density at radius 3 is 2.47 bits per heavy atom. The van der Waals surface area contributed by atoms with Gasteiger partial charge in [-0.3, -0.25) is 4.79 Å². The molecule has 0 unspecified atom stereocenters. The van der Waals surface area contributed by atoms with Crippen LogP contribution in [0.5, 0.6) is 0 Å². The van der Waals surface area contributed by atoms with Crippen molar-refractivity contribution < 1.29 is 9.50 Å². The molecule has 1 heterocycles. The summed E-state index contributed by atoms with van der Waals surface area (Å²) in [6.07, 6.45) is 1.50. The van der Waals surface area contributed by atoms with E-state index in [0.29, 0.717) is 11.4 Å². The maximum absolute atomic E-state index is 13.8. The number of aryl methyl sites for hydroxylation is 1. The summed E-state index contributed by atoms with van der Waals surface area (Å²) in [6.45, 7) is 4.79. The molecule has 0 radical (unpaired) electrons. The highest BCUT2D eigenvalue weighted by atomic mass is 19.1. The number of hydrogen-bond donors (Lipinski definition) is 1. The van der Waals surface area contributed by atoms with Crippen LogP contribution in [-0.2, 0) is 5.60 Å². The summed E-state index contributed by atoms with van der Waals surface area (Å²) in [5.41, 5.74) is -0.315. The molecule has 0 aliphatic carbocycles. The van der Waals surface area contributed by atoms with E-state index in [0.717, 1.165) is 0 Å². The Morgan fingerprint density at radius 2 is 1.89 bits per heavy atom. The SMILES string of the molecule is Cc1cc(=O)c(C(C)(C)O)cn1-c1ccccc1F. The molecule has 19 heavy (non-hydrogen) atoms. The number of pyridine rings is 1. The zero-order chi connectivity index (χ0) is 14.2. The van der Waals surface area contributed by atoms with Crippen LogP contribution >= 0.6 is 0 Å². The second-order valence-electron chi connectivity index (χ2n) is 5.07. The van der Waals surface area contributed by atoms with Crippen LogP contribution in [0.2, 0.25) is 0 Å². The average molecular weight is 261 g/mol. The van der Waals surface area contributed by atoms with Gasteiger partial charge in [0.15, 0.2) is 5.43 Å². The number of para-hydroxylation sites is 1. The molecule has 0 atom stereocenters. The zero-order valence-electron chi connectivity index (χ0n) is 11.1.